The van der Waals surface area contributed by atoms with Gasteiger partial charge in [-0.05, 0) is 23.8 Å². The first kappa shape index (κ1) is 9.45. The Morgan fingerprint density at radius 3 is 2.92 bits per heavy atom. The zero-order chi connectivity index (χ0) is 9.68. The van der Waals surface area contributed by atoms with E-state index in [1.54, 1.807) is 12.2 Å². The Labute approximate surface area is 75.9 Å². The molecule has 0 aliphatic heterocycles. The standard InChI is InChI=1S/C10H10FNO/c11-9-4-5-10(12)8(7-9)3-1-2-6-13/h1,3-7H,2,12H2. The lowest BCUT2D eigenvalue weighted by Gasteiger charge is -1.98. The minimum atomic E-state index is -0.333. The number of allylic oxidation sites excluding steroid dienone is 1. The number of nitrogen functional groups attached to an aromatic ring is 1. The molecule has 0 saturated carbocycles. The summed E-state index contributed by atoms with van der Waals surface area (Å²) in [5.41, 5.74) is 6.67. The van der Waals surface area contributed by atoms with Crippen LogP contribution in [0, 0.1) is 5.82 Å². The van der Waals surface area contributed by atoms with Gasteiger partial charge in [-0.25, -0.2) is 4.39 Å². The lowest BCUT2D eigenvalue weighted by atomic mass is 10.1. The number of hydrogen-bond acceptors (Lipinski definition) is 2. The first-order valence-corrected chi connectivity index (χ1v) is 3.89. The van der Waals surface area contributed by atoms with E-state index >= 15 is 0 Å². The summed E-state index contributed by atoms with van der Waals surface area (Å²) in [6.07, 6.45) is 4.35. The quantitative estimate of drug-likeness (QED) is 0.569. The largest absolute Gasteiger partial charge is 0.398 e. The highest BCUT2D eigenvalue weighted by molar-refractivity contribution is 5.66. The first-order valence-electron chi connectivity index (χ1n) is 3.89. The Hall–Kier alpha value is -1.64. The van der Waals surface area contributed by atoms with Crippen molar-refractivity contribution < 1.29 is 9.18 Å². The van der Waals surface area contributed by atoms with Crippen molar-refractivity contribution >= 4 is 18.0 Å². The molecule has 0 unspecified atom stereocenters. The number of anilines is 1. The fourth-order valence-electron chi connectivity index (χ4n) is 0.941. The van der Waals surface area contributed by atoms with Gasteiger partial charge in [-0.2, -0.15) is 0 Å². The third kappa shape index (κ3) is 2.71. The summed E-state index contributed by atoms with van der Waals surface area (Å²) in [6.45, 7) is 0. The van der Waals surface area contributed by atoms with Gasteiger partial charge in [0.2, 0.25) is 0 Å². The molecule has 0 aromatic heterocycles. The zero-order valence-electron chi connectivity index (χ0n) is 7.03. The summed E-state index contributed by atoms with van der Waals surface area (Å²) in [5, 5.41) is 0. The van der Waals surface area contributed by atoms with Crippen molar-refractivity contribution in [1.29, 1.82) is 0 Å². The molecule has 0 spiro atoms. The lowest BCUT2D eigenvalue weighted by molar-refractivity contribution is -0.107. The molecule has 68 valence electrons. The SMILES string of the molecule is Nc1ccc(F)cc1C=CCC=O. The summed E-state index contributed by atoms with van der Waals surface area (Å²) >= 11 is 0. The van der Waals surface area contributed by atoms with Crippen molar-refractivity contribution in [3.05, 3.63) is 35.7 Å². The van der Waals surface area contributed by atoms with Crippen LogP contribution in [0.5, 0.6) is 0 Å². The molecule has 0 amide bonds. The molecule has 13 heavy (non-hydrogen) atoms. The monoisotopic (exact) mass is 179 g/mol. The van der Waals surface area contributed by atoms with E-state index < -0.39 is 0 Å². The molecule has 0 bridgehead atoms. The molecule has 1 rings (SSSR count). The molecule has 0 radical (unpaired) electrons. The Morgan fingerprint density at radius 2 is 2.23 bits per heavy atom. The molecule has 0 heterocycles. The molecule has 0 fully saturated rings. The predicted molar refractivity (Wildman–Crippen MR) is 50.5 cm³/mol. The fourth-order valence-corrected chi connectivity index (χ4v) is 0.941. The van der Waals surface area contributed by atoms with Crippen LogP contribution in [-0.4, -0.2) is 6.29 Å². The third-order valence-electron chi connectivity index (χ3n) is 1.58. The summed E-state index contributed by atoms with van der Waals surface area (Å²) in [4.78, 5) is 9.99. The van der Waals surface area contributed by atoms with E-state index in [9.17, 15) is 9.18 Å². The average molecular weight is 179 g/mol. The highest BCUT2D eigenvalue weighted by Gasteiger charge is 1.96. The van der Waals surface area contributed by atoms with Gasteiger partial charge in [0, 0.05) is 12.1 Å². The van der Waals surface area contributed by atoms with Crippen LogP contribution in [-0.2, 0) is 4.79 Å². The predicted octanol–water partition coefficient (Wildman–Crippen LogP) is 2.01. The molecule has 2 N–H and O–H groups in total. The van der Waals surface area contributed by atoms with Crippen LogP contribution in [0.3, 0.4) is 0 Å². The maximum Gasteiger partial charge on any atom is 0.123 e. The molecule has 0 aliphatic carbocycles. The third-order valence-corrected chi connectivity index (χ3v) is 1.58. The maximum absolute atomic E-state index is 12.7. The van der Waals surface area contributed by atoms with Gasteiger partial charge in [-0.1, -0.05) is 12.2 Å². The normalized spacial score (nSPS) is 10.5. The Kier molecular flexibility index (Phi) is 3.20. The van der Waals surface area contributed by atoms with Crippen molar-refractivity contribution in [2.75, 3.05) is 5.73 Å². The smallest absolute Gasteiger partial charge is 0.123 e. The van der Waals surface area contributed by atoms with Crippen molar-refractivity contribution in [1.82, 2.24) is 0 Å². The van der Waals surface area contributed by atoms with Crippen LogP contribution >= 0.6 is 0 Å². The number of halogens is 1. The van der Waals surface area contributed by atoms with Crippen molar-refractivity contribution in [2.45, 2.75) is 6.42 Å². The summed E-state index contributed by atoms with van der Waals surface area (Å²) in [7, 11) is 0. The second kappa shape index (κ2) is 4.40. The van der Waals surface area contributed by atoms with E-state index in [2.05, 4.69) is 0 Å². The Morgan fingerprint density at radius 1 is 1.46 bits per heavy atom. The maximum atomic E-state index is 12.7. The minimum absolute atomic E-state index is 0.315. The van der Waals surface area contributed by atoms with E-state index in [0.717, 1.165) is 6.29 Å². The van der Waals surface area contributed by atoms with Crippen LogP contribution in [0.4, 0.5) is 10.1 Å². The number of hydrogen-bond donors (Lipinski definition) is 1. The molecular formula is C10H10FNO. The van der Waals surface area contributed by atoms with Crippen LogP contribution in [0.25, 0.3) is 6.08 Å². The van der Waals surface area contributed by atoms with Gasteiger partial charge >= 0.3 is 0 Å². The lowest BCUT2D eigenvalue weighted by Crippen LogP contribution is -1.89. The molecule has 3 heteroatoms. The summed E-state index contributed by atoms with van der Waals surface area (Å²) in [5.74, 6) is -0.333. The number of benzene rings is 1. The summed E-state index contributed by atoms with van der Waals surface area (Å²) in [6, 6.07) is 4.12. The van der Waals surface area contributed by atoms with E-state index in [-0.39, 0.29) is 5.82 Å². The van der Waals surface area contributed by atoms with Gasteiger partial charge in [-0.3, -0.25) is 0 Å². The van der Waals surface area contributed by atoms with Gasteiger partial charge in [0.25, 0.3) is 0 Å². The zero-order valence-corrected chi connectivity index (χ0v) is 7.03. The highest BCUT2D eigenvalue weighted by Crippen LogP contribution is 2.14. The van der Waals surface area contributed by atoms with Crippen LogP contribution < -0.4 is 5.73 Å². The van der Waals surface area contributed by atoms with Gasteiger partial charge in [0.05, 0.1) is 0 Å². The number of carbonyl (C=O) groups is 1. The van der Waals surface area contributed by atoms with Gasteiger partial charge in [0.1, 0.15) is 12.1 Å². The number of rotatable bonds is 3. The van der Waals surface area contributed by atoms with Crippen LogP contribution in [0.1, 0.15) is 12.0 Å². The van der Waals surface area contributed by atoms with E-state index in [0.29, 0.717) is 17.7 Å². The van der Waals surface area contributed by atoms with Crippen molar-refractivity contribution in [3.63, 3.8) is 0 Å². The van der Waals surface area contributed by atoms with Crippen LogP contribution in [0.15, 0.2) is 24.3 Å². The number of aldehydes is 1. The molecular weight excluding hydrogens is 169 g/mol. The van der Waals surface area contributed by atoms with E-state index in [1.165, 1.54) is 18.2 Å². The summed E-state index contributed by atoms with van der Waals surface area (Å²) < 4.78 is 12.7. The Balaban J connectivity index is 2.86. The molecule has 2 nitrogen and oxygen atoms in total. The number of carbonyl (C=O) groups excluding carboxylic acids is 1. The topological polar surface area (TPSA) is 43.1 Å². The van der Waals surface area contributed by atoms with E-state index in [1.807, 2.05) is 0 Å². The second-order valence-corrected chi connectivity index (χ2v) is 2.58. The molecule has 1 aromatic carbocycles. The van der Waals surface area contributed by atoms with E-state index in [4.69, 9.17) is 5.73 Å². The van der Waals surface area contributed by atoms with Gasteiger partial charge < -0.3 is 10.5 Å². The molecule has 0 aliphatic rings. The second-order valence-electron chi connectivity index (χ2n) is 2.58. The molecule has 0 saturated heterocycles. The highest BCUT2D eigenvalue weighted by atomic mass is 19.1. The van der Waals surface area contributed by atoms with Crippen molar-refractivity contribution in [2.24, 2.45) is 0 Å². The molecule has 1 aromatic rings. The average Bonchev–Trinajstić information content (AvgIpc) is 2.11. The van der Waals surface area contributed by atoms with Gasteiger partial charge in [0.15, 0.2) is 0 Å². The Bertz CT molecular complexity index is 334. The first-order chi connectivity index (χ1) is 6.24. The fraction of sp³-hybridized carbons (Fsp3) is 0.100. The van der Waals surface area contributed by atoms with Crippen LogP contribution in [0.2, 0.25) is 0 Å². The minimum Gasteiger partial charge on any atom is -0.398 e. The molecule has 0 atom stereocenters. The number of nitrogens with two attached hydrogens (primary N) is 1. The van der Waals surface area contributed by atoms with Crippen molar-refractivity contribution in [3.8, 4) is 0 Å². The van der Waals surface area contributed by atoms with Gasteiger partial charge in [-0.15, -0.1) is 0 Å².